The monoisotopic (exact) mass is 239 g/mol. The van der Waals surface area contributed by atoms with E-state index in [1.54, 1.807) is 0 Å². The second kappa shape index (κ2) is 5.68. The molecule has 3 fully saturated rings. The third-order valence-electron chi connectivity index (χ3n) is 4.61. The van der Waals surface area contributed by atoms with Crippen molar-refractivity contribution in [2.24, 2.45) is 0 Å². The van der Waals surface area contributed by atoms with E-state index in [1.807, 2.05) is 0 Å². The molecule has 0 spiro atoms. The number of hydrogen-bond acceptors (Lipinski definition) is 3. The zero-order chi connectivity index (χ0) is 11.5. The van der Waals surface area contributed by atoms with E-state index >= 15 is 0 Å². The summed E-state index contributed by atoms with van der Waals surface area (Å²) in [7, 11) is 0. The van der Waals surface area contributed by atoms with E-state index in [2.05, 4.69) is 4.90 Å². The first kappa shape index (κ1) is 11.9. The second-order valence-electron chi connectivity index (χ2n) is 5.78. The quantitative estimate of drug-likeness (QED) is 0.753. The number of hydrogen-bond donors (Lipinski definition) is 0. The topological polar surface area (TPSA) is 21.7 Å². The van der Waals surface area contributed by atoms with Crippen molar-refractivity contribution >= 4 is 0 Å². The third-order valence-corrected chi connectivity index (χ3v) is 4.61. The first-order valence-corrected chi connectivity index (χ1v) is 7.38. The molecule has 3 nitrogen and oxygen atoms in total. The van der Waals surface area contributed by atoms with Gasteiger partial charge < -0.3 is 9.47 Å². The van der Waals surface area contributed by atoms with Crippen LogP contribution in [0, 0.1) is 0 Å². The highest BCUT2D eigenvalue weighted by molar-refractivity contribution is 4.87. The van der Waals surface area contributed by atoms with Crippen LogP contribution in [0.3, 0.4) is 0 Å². The molecule has 3 heterocycles. The van der Waals surface area contributed by atoms with Crippen molar-refractivity contribution in [2.45, 2.75) is 63.1 Å². The molecular weight excluding hydrogens is 214 g/mol. The molecule has 0 aliphatic carbocycles. The molecule has 0 aromatic carbocycles. The zero-order valence-electron chi connectivity index (χ0n) is 10.8. The average Bonchev–Trinajstić information content (AvgIpc) is 3.01. The summed E-state index contributed by atoms with van der Waals surface area (Å²) < 4.78 is 11.4. The minimum absolute atomic E-state index is 0.544. The fraction of sp³-hybridized carbons (Fsp3) is 1.00. The minimum atomic E-state index is 0.544. The predicted molar refractivity (Wildman–Crippen MR) is 67.2 cm³/mol. The number of likely N-dealkylation sites (tertiary alicyclic amines) is 1. The summed E-state index contributed by atoms with van der Waals surface area (Å²) >= 11 is 0. The maximum Gasteiger partial charge on any atom is 0.0622 e. The summed E-state index contributed by atoms with van der Waals surface area (Å²) in [5.74, 6) is 0. The van der Waals surface area contributed by atoms with E-state index in [9.17, 15) is 0 Å². The van der Waals surface area contributed by atoms with Gasteiger partial charge in [-0.15, -0.1) is 0 Å². The van der Waals surface area contributed by atoms with Gasteiger partial charge in [0.25, 0.3) is 0 Å². The molecule has 3 aliphatic heterocycles. The van der Waals surface area contributed by atoms with E-state index in [0.717, 1.165) is 25.9 Å². The summed E-state index contributed by atoms with van der Waals surface area (Å²) in [4.78, 5) is 2.73. The van der Waals surface area contributed by atoms with Gasteiger partial charge in [0, 0.05) is 25.3 Å². The van der Waals surface area contributed by atoms with E-state index in [-0.39, 0.29) is 0 Å². The fourth-order valence-electron chi connectivity index (χ4n) is 3.67. The lowest BCUT2D eigenvalue weighted by Crippen LogP contribution is -2.47. The second-order valence-corrected chi connectivity index (χ2v) is 5.78. The van der Waals surface area contributed by atoms with Crippen molar-refractivity contribution in [1.29, 1.82) is 0 Å². The Morgan fingerprint density at radius 1 is 1.00 bits per heavy atom. The normalized spacial score (nSPS) is 39.9. The molecule has 0 saturated carbocycles. The molecule has 0 aromatic heterocycles. The highest BCUT2D eigenvalue weighted by Crippen LogP contribution is 2.29. The molecule has 0 N–H and O–H groups in total. The van der Waals surface area contributed by atoms with Gasteiger partial charge in [0.2, 0.25) is 0 Å². The molecule has 0 bridgehead atoms. The SMILES string of the molecule is C1COC(CC2CCCCN2C2CCOC2)C1. The highest BCUT2D eigenvalue weighted by Gasteiger charge is 2.33. The molecule has 3 saturated heterocycles. The van der Waals surface area contributed by atoms with Crippen molar-refractivity contribution in [2.75, 3.05) is 26.4 Å². The average molecular weight is 239 g/mol. The number of ether oxygens (including phenoxy) is 2. The van der Waals surface area contributed by atoms with Crippen molar-refractivity contribution in [1.82, 2.24) is 4.90 Å². The Morgan fingerprint density at radius 2 is 2.00 bits per heavy atom. The van der Waals surface area contributed by atoms with Gasteiger partial charge in [-0.25, -0.2) is 0 Å². The molecule has 3 atom stereocenters. The summed E-state index contributed by atoms with van der Waals surface area (Å²) in [5.41, 5.74) is 0. The Bertz CT molecular complexity index is 234. The standard InChI is InChI=1S/C14H25NO2/c1-2-7-15(13-6-9-16-11-13)12(4-1)10-14-5-3-8-17-14/h12-14H,1-11H2. The summed E-state index contributed by atoms with van der Waals surface area (Å²) in [6.45, 7) is 4.20. The van der Waals surface area contributed by atoms with Crippen LogP contribution in [0.5, 0.6) is 0 Å². The van der Waals surface area contributed by atoms with Crippen molar-refractivity contribution < 1.29 is 9.47 Å². The highest BCUT2D eigenvalue weighted by atomic mass is 16.5. The van der Waals surface area contributed by atoms with E-state index in [1.165, 1.54) is 51.5 Å². The fourth-order valence-corrected chi connectivity index (χ4v) is 3.67. The lowest BCUT2D eigenvalue weighted by molar-refractivity contribution is 0.0312. The maximum atomic E-state index is 5.81. The van der Waals surface area contributed by atoms with Crippen LogP contribution in [0.2, 0.25) is 0 Å². The molecule has 0 radical (unpaired) electrons. The Hall–Kier alpha value is -0.120. The van der Waals surface area contributed by atoms with Crippen LogP contribution in [0.15, 0.2) is 0 Å². The van der Waals surface area contributed by atoms with Gasteiger partial charge in [-0.3, -0.25) is 4.90 Å². The summed E-state index contributed by atoms with van der Waals surface area (Å²) in [5, 5.41) is 0. The molecule has 17 heavy (non-hydrogen) atoms. The van der Waals surface area contributed by atoms with Crippen molar-refractivity contribution in [3.8, 4) is 0 Å². The summed E-state index contributed by atoms with van der Waals surface area (Å²) in [6, 6.07) is 1.46. The molecular formula is C14H25NO2. The van der Waals surface area contributed by atoms with Gasteiger partial charge in [0.05, 0.1) is 12.7 Å². The predicted octanol–water partition coefficient (Wildman–Crippen LogP) is 2.20. The Balaban J connectivity index is 1.58. The van der Waals surface area contributed by atoms with Gasteiger partial charge in [-0.1, -0.05) is 6.42 Å². The number of nitrogens with zero attached hydrogens (tertiary/aromatic N) is 1. The number of piperidine rings is 1. The zero-order valence-corrected chi connectivity index (χ0v) is 10.8. The van der Waals surface area contributed by atoms with E-state index in [4.69, 9.17) is 9.47 Å². The van der Waals surface area contributed by atoms with Crippen molar-refractivity contribution in [3.05, 3.63) is 0 Å². The third kappa shape index (κ3) is 2.83. The smallest absolute Gasteiger partial charge is 0.0622 e. The molecule has 3 heteroatoms. The number of rotatable bonds is 3. The van der Waals surface area contributed by atoms with Gasteiger partial charge >= 0.3 is 0 Å². The van der Waals surface area contributed by atoms with Gasteiger partial charge in [0.15, 0.2) is 0 Å². The van der Waals surface area contributed by atoms with Gasteiger partial charge in [0.1, 0.15) is 0 Å². The molecule has 0 amide bonds. The van der Waals surface area contributed by atoms with Crippen molar-refractivity contribution in [3.63, 3.8) is 0 Å². The van der Waals surface area contributed by atoms with Crippen LogP contribution < -0.4 is 0 Å². The van der Waals surface area contributed by atoms with Crippen LogP contribution >= 0.6 is 0 Å². The molecule has 3 aliphatic rings. The first-order chi connectivity index (χ1) is 8.43. The lowest BCUT2D eigenvalue weighted by atomic mass is 9.94. The first-order valence-electron chi connectivity index (χ1n) is 7.38. The van der Waals surface area contributed by atoms with Gasteiger partial charge in [-0.2, -0.15) is 0 Å². The molecule has 3 rings (SSSR count). The van der Waals surface area contributed by atoms with Crippen LogP contribution in [-0.4, -0.2) is 49.5 Å². The largest absolute Gasteiger partial charge is 0.380 e. The van der Waals surface area contributed by atoms with Crippen LogP contribution in [0.4, 0.5) is 0 Å². The molecule has 3 unspecified atom stereocenters. The Kier molecular flexibility index (Phi) is 3.99. The van der Waals surface area contributed by atoms with Crippen LogP contribution in [-0.2, 0) is 9.47 Å². The Morgan fingerprint density at radius 3 is 2.76 bits per heavy atom. The maximum absolute atomic E-state index is 5.81. The lowest BCUT2D eigenvalue weighted by Gasteiger charge is -2.40. The minimum Gasteiger partial charge on any atom is -0.380 e. The van der Waals surface area contributed by atoms with E-state index in [0.29, 0.717) is 12.1 Å². The van der Waals surface area contributed by atoms with E-state index < -0.39 is 0 Å². The van der Waals surface area contributed by atoms with Crippen LogP contribution in [0.1, 0.15) is 44.9 Å². The van der Waals surface area contributed by atoms with Gasteiger partial charge in [-0.05, 0) is 45.1 Å². The molecule has 98 valence electrons. The summed E-state index contributed by atoms with van der Waals surface area (Å²) in [6.07, 6.45) is 9.74. The molecule has 0 aromatic rings. The Labute approximate surface area is 104 Å². The van der Waals surface area contributed by atoms with Crippen LogP contribution in [0.25, 0.3) is 0 Å².